The van der Waals surface area contributed by atoms with Crippen LogP contribution in [0.4, 0.5) is 5.69 Å². The fourth-order valence-corrected chi connectivity index (χ4v) is 5.70. The molecule has 2 aromatic carbocycles. The molecule has 0 saturated carbocycles. The average molecular weight is 512 g/mol. The summed E-state index contributed by atoms with van der Waals surface area (Å²) in [6.45, 7) is 4.07. The minimum Gasteiger partial charge on any atom is -0.489 e. The van der Waals surface area contributed by atoms with Crippen molar-refractivity contribution in [2.45, 2.75) is 25.3 Å². The first-order chi connectivity index (χ1) is 18.7. The number of hydrogen-bond donors (Lipinski definition) is 2. The normalized spacial score (nSPS) is 19.6. The van der Waals surface area contributed by atoms with E-state index in [9.17, 15) is 4.79 Å². The van der Waals surface area contributed by atoms with Crippen molar-refractivity contribution in [2.24, 2.45) is 5.41 Å². The smallest absolute Gasteiger partial charge is 0.291 e. The van der Waals surface area contributed by atoms with Gasteiger partial charge in [0.2, 0.25) is 5.82 Å². The van der Waals surface area contributed by atoms with Crippen molar-refractivity contribution in [2.75, 3.05) is 37.8 Å². The van der Waals surface area contributed by atoms with E-state index in [-0.39, 0.29) is 18.3 Å². The Hall–Kier alpha value is -4.18. The van der Waals surface area contributed by atoms with Crippen LogP contribution in [0.1, 0.15) is 46.7 Å². The van der Waals surface area contributed by atoms with Crippen molar-refractivity contribution < 1.29 is 14.3 Å². The maximum Gasteiger partial charge on any atom is 0.291 e. The Morgan fingerprint density at radius 1 is 1.13 bits per heavy atom. The molecule has 2 N–H and O–H groups in total. The molecule has 5 heterocycles. The molecule has 2 saturated heterocycles. The molecule has 3 aliphatic rings. The molecule has 10 nitrogen and oxygen atoms in total. The van der Waals surface area contributed by atoms with Crippen LogP contribution in [0.5, 0.6) is 5.75 Å². The van der Waals surface area contributed by atoms with Crippen LogP contribution < -0.4 is 15.0 Å². The van der Waals surface area contributed by atoms with Crippen molar-refractivity contribution in [1.29, 1.82) is 0 Å². The number of anilines is 1. The topological polar surface area (TPSA) is 110 Å². The van der Waals surface area contributed by atoms with Crippen LogP contribution in [-0.2, 0) is 11.2 Å². The van der Waals surface area contributed by atoms with E-state index in [1.165, 1.54) is 5.69 Å². The Labute approximate surface area is 220 Å². The summed E-state index contributed by atoms with van der Waals surface area (Å²) in [4.78, 5) is 24.5. The van der Waals surface area contributed by atoms with Crippen LogP contribution in [0, 0.1) is 5.41 Å². The average Bonchev–Trinajstić information content (AvgIpc) is 3.58. The Kier molecular flexibility index (Phi) is 5.61. The summed E-state index contributed by atoms with van der Waals surface area (Å²) >= 11 is 0. The summed E-state index contributed by atoms with van der Waals surface area (Å²) in [6.07, 6.45) is 6.49. The molecule has 2 fully saturated rings. The minimum absolute atomic E-state index is 0.0953. The third-order valence-corrected chi connectivity index (χ3v) is 7.81. The SMILES string of the molecule is O=C(NC1COc2ccc(N3CC4(CCOCC4)C3)cc2-n2ccnc21)c1n[nH]c(Cc2ccccc2)n1. The molecule has 1 unspecified atom stereocenters. The number of ether oxygens (including phenoxy) is 2. The number of amides is 1. The number of carbonyl (C=O) groups excluding carboxylic acids is 1. The molecule has 38 heavy (non-hydrogen) atoms. The highest BCUT2D eigenvalue weighted by molar-refractivity contribution is 5.90. The lowest BCUT2D eigenvalue weighted by molar-refractivity contribution is -0.000195. The molecule has 194 valence electrons. The van der Waals surface area contributed by atoms with Gasteiger partial charge in [-0.15, -0.1) is 5.10 Å². The highest BCUT2D eigenvalue weighted by atomic mass is 16.5. The molecule has 0 aliphatic carbocycles. The van der Waals surface area contributed by atoms with Gasteiger partial charge < -0.3 is 19.7 Å². The number of benzene rings is 2. The minimum atomic E-state index is -0.459. The number of fused-ring (bicyclic) bond motifs is 3. The standard InChI is InChI=1S/C28H29N7O3/c36-27(25-31-24(32-33-25)14-19-4-2-1-3-5-19)30-21-16-38-23-7-6-20(15-22(23)35-11-10-29-26(21)35)34-17-28(18-34)8-12-37-13-9-28/h1-7,10-11,15,21H,8-9,12-14,16-18H2,(H,30,36)(H,31,32,33). The highest BCUT2D eigenvalue weighted by Crippen LogP contribution is 2.43. The van der Waals surface area contributed by atoms with Gasteiger partial charge in [0.05, 0.1) is 5.69 Å². The van der Waals surface area contributed by atoms with Crippen LogP contribution in [-0.4, -0.2) is 63.5 Å². The third kappa shape index (κ3) is 4.20. The van der Waals surface area contributed by atoms with Gasteiger partial charge in [0.1, 0.15) is 30.0 Å². The van der Waals surface area contributed by atoms with Crippen molar-refractivity contribution in [3.63, 3.8) is 0 Å². The lowest BCUT2D eigenvalue weighted by Gasteiger charge is -2.53. The number of aromatic nitrogens is 5. The van der Waals surface area contributed by atoms with E-state index in [2.05, 4.69) is 42.5 Å². The predicted molar refractivity (Wildman–Crippen MR) is 140 cm³/mol. The molecule has 1 atom stereocenters. The van der Waals surface area contributed by atoms with Gasteiger partial charge in [-0.05, 0) is 36.6 Å². The number of H-pyrrole nitrogens is 1. The first-order valence-corrected chi connectivity index (χ1v) is 13.1. The summed E-state index contributed by atoms with van der Waals surface area (Å²) in [5.74, 6) is 1.82. The Balaban J connectivity index is 1.07. The van der Waals surface area contributed by atoms with Gasteiger partial charge in [-0.2, -0.15) is 0 Å². The zero-order valence-electron chi connectivity index (χ0n) is 21.0. The van der Waals surface area contributed by atoms with Crippen LogP contribution >= 0.6 is 0 Å². The van der Waals surface area contributed by atoms with Crippen molar-refractivity contribution in [1.82, 2.24) is 30.0 Å². The van der Waals surface area contributed by atoms with Gasteiger partial charge in [0.15, 0.2) is 0 Å². The van der Waals surface area contributed by atoms with E-state index in [1.54, 1.807) is 6.20 Å². The summed E-state index contributed by atoms with van der Waals surface area (Å²) in [5, 5.41) is 10.0. The fraction of sp³-hybridized carbons (Fsp3) is 0.357. The molecule has 1 amide bonds. The molecular formula is C28H29N7O3. The first-order valence-electron chi connectivity index (χ1n) is 13.1. The molecule has 10 heteroatoms. The van der Waals surface area contributed by atoms with Crippen molar-refractivity contribution in [3.05, 3.63) is 84.0 Å². The summed E-state index contributed by atoms with van der Waals surface area (Å²) in [7, 11) is 0. The number of aromatic amines is 1. The number of hydrogen-bond acceptors (Lipinski definition) is 7. The second-order valence-electron chi connectivity index (χ2n) is 10.4. The largest absolute Gasteiger partial charge is 0.489 e. The van der Waals surface area contributed by atoms with Gasteiger partial charge in [0.25, 0.3) is 5.91 Å². The van der Waals surface area contributed by atoms with Crippen LogP contribution in [0.15, 0.2) is 60.9 Å². The predicted octanol–water partition coefficient (Wildman–Crippen LogP) is 3.06. The Bertz CT molecular complexity index is 1450. The number of rotatable bonds is 5. The van der Waals surface area contributed by atoms with Crippen LogP contribution in [0.2, 0.25) is 0 Å². The quantitative estimate of drug-likeness (QED) is 0.424. The second kappa shape index (κ2) is 9.29. The fourth-order valence-electron chi connectivity index (χ4n) is 5.70. The zero-order valence-corrected chi connectivity index (χ0v) is 21.0. The van der Waals surface area contributed by atoms with Gasteiger partial charge in [-0.3, -0.25) is 14.5 Å². The number of carbonyl (C=O) groups is 1. The lowest BCUT2D eigenvalue weighted by Crippen LogP contribution is -2.58. The molecule has 0 bridgehead atoms. The molecule has 7 rings (SSSR count). The van der Waals surface area contributed by atoms with Crippen molar-refractivity contribution in [3.8, 4) is 11.4 Å². The lowest BCUT2D eigenvalue weighted by atomic mass is 9.73. The van der Waals surface area contributed by atoms with Gasteiger partial charge >= 0.3 is 0 Å². The highest BCUT2D eigenvalue weighted by Gasteiger charge is 2.44. The van der Waals surface area contributed by atoms with Crippen LogP contribution in [0.25, 0.3) is 5.69 Å². The Morgan fingerprint density at radius 2 is 1.97 bits per heavy atom. The number of imidazole rings is 1. The van der Waals surface area contributed by atoms with E-state index < -0.39 is 6.04 Å². The van der Waals surface area contributed by atoms with Gasteiger partial charge in [0, 0.05) is 56.2 Å². The maximum absolute atomic E-state index is 13.1. The molecule has 2 aromatic heterocycles. The van der Waals surface area contributed by atoms with E-state index in [4.69, 9.17) is 9.47 Å². The van der Waals surface area contributed by atoms with E-state index in [0.29, 0.717) is 23.5 Å². The van der Waals surface area contributed by atoms with E-state index >= 15 is 0 Å². The molecule has 0 radical (unpaired) electrons. The summed E-state index contributed by atoms with van der Waals surface area (Å²) in [6, 6.07) is 15.8. The van der Waals surface area contributed by atoms with E-state index in [0.717, 1.165) is 56.1 Å². The molecule has 4 aromatic rings. The first kappa shape index (κ1) is 23.0. The molecule has 3 aliphatic heterocycles. The summed E-state index contributed by atoms with van der Waals surface area (Å²) in [5.41, 5.74) is 3.56. The second-order valence-corrected chi connectivity index (χ2v) is 10.4. The van der Waals surface area contributed by atoms with Gasteiger partial charge in [-0.1, -0.05) is 30.3 Å². The number of nitrogens with zero attached hydrogens (tertiary/aromatic N) is 5. The summed E-state index contributed by atoms with van der Waals surface area (Å²) < 4.78 is 13.7. The third-order valence-electron chi connectivity index (χ3n) is 7.81. The molecular weight excluding hydrogens is 482 g/mol. The monoisotopic (exact) mass is 511 g/mol. The maximum atomic E-state index is 13.1. The van der Waals surface area contributed by atoms with Crippen LogP contribution in [0.3, 0.4) is 0 Å². The van der Waals surface area contributed by atoms with E-state index in [1.807, 2.05) is 47.2 Å². The van der Waals surface area contributed by atoms with Crippen molar-refractivity contribution >= 4 is 11.6 Å². The van der Waals surface area contributed by atoms with Gasteiger partial charge in [-0.25, -0.2) is 9.97 Å². The zero-order chi connectivity index (χ0) is 25.5. The number of nitrogens with one attached hydrogen (secondary N) is 2. The molecule has 1 spiro atoms. The Morgan fingerprint density at radius 3 is 2.82 bits per heavy atom.